The van der Waals surface area contributed by atoms with Crippen molar-refractivity contribution in [3.05, 3.63) is 63.9 Å². The van der Waals surface area contributed by atoms with Gasteiger partial charge in [0.2, 0.25) is 0 Å². The first-order valence-electron chi connectivity index (χ1n) is 7.02. The fourth-order valence-electron chi connectivity index (χ4n) is 2.79. The van der Waals surface area contributed by atoms with E-state index in [2.05, 4.69) is 23.5 Å². The first-order valence-corrected chi connectivity index (χ1v) is 7.40. The Bertz CT molecular complexity index is 624. The Morgan fingerprint density at radius 1 is 1.10 bits per heavy atom. The summed E-state index contributed by atoms with van der Waals surface area (Å²) in [6.45, 7) is 0.663. The van der Waals surface area contributed by atoms with Crippen LogP contribution in [0.15, 0.2) is 36.4 Å². The van der Waals surface area contributed by atoms with Gasteiger partial charge >= 0.3 is 0 Å². The molecule has 0 saturated heterocycles. The van der Waals surface area contributed by atoms with E-state index < -0.39 is 0 Å². The maximum Gasteiger partial charge on any atom is 0.141 e. The largest absolute Gasteiger partial charge is 0.381 e. The molecule has 3 heteroatoms. The summed E-state index contributed by atoms with van der Waals surface area (Å²) in [5, 5.41) is 3.63. The Labute approximate surface area is 123 Å². The lowest BCUT2D eigenvalue weighted by Gasteiger charge is -2.20. The van der Waals surface area contributed by atoms with Crippen LogP contribution in [0.4, 0.5) is 10.1 Å². The van der Waals surface area contributed by atoms with Gasteiger partial charge in [-0.2, -0.15) is 0 Å². The third-order valence-corrected chi connectivity index (χ3v) is 4.15. The van der Waals surface area contributed by atoms with Gasteiger partial charge < -0.3 is 5.32 Å². The smallest absolute Gasteiger partial charge is 0.141 e. The van der Waals surface area contributed by atoms with Crippen molar-refractivity contribution in [3.63, 3.8) is 0 Å². The summed E-state index contributed by atoms with van der Waals surface area (Å²) in [6.07, 6.45) is 4.86. The SMILES string of the molecule is Fc1ccc(CNc2cccc3c2CCCC3)cc1Cl. The molecule has 0 saturated carbocycles. The van der Waals surface area contributed by atoms with Crippen LogP contribution < -0.4 is 5.32 Å². The van der Waals surface area contributed by atoms with Crippen LogP contribution in [0.3, 0.4) is 0 Å². The van der Waals surface area contributed by atoms with Gasteiger partial charge in [-0.25, -0.2) is 4.39 Å². The van der Waals surface area contributed by atoms with E-state index in [4.69, 9.17) is 11.6 Å². The number of rotatable bonds is 3. The summed E-state index contributed by atoms with van der Waals surface area (Å²) in [7, 11) is 0. The Hall–Kier alpha value is -1.54. The molecule has 2 aromatic rings. The quantitative estimate of drug-likeness (QED) is 0.841. The van der Waals surface area contributed by atoms with Crippen LogP contribution in [0.5, 0.6) is 0 Å². The molecule has 1 nitrogen and oxygen atoms in total. The molecule has 0 unspecified atom stereocenters. The number of anilines is 1. The van der Waals surface area contributed by atoms with Crippen molar-refractivity contribution in [1.29, 1.82) is 0 Å². The molecule has 104 valence electrons. The van der Waals surface area contributed by atoms with E-state index in [1.807, 2.05) is 0 Å². The highest BCUT2D eigenvalue weighted by Crippen LogP contribution is 2.28. The van der Waals surface area contributed by atoms with Crippen LogP contribution in [0, 0.1) is 5.82 Å². The normalized spacial score (nSPS) is 13.9. The van der Waals surface area contributed by atoms with Gasteiger partial charge in [0.1, 0.15) is 5.82 Å². The first-order chi connectivity index (χ1) is 9.74. The average molecular weight is 290 g/mol. The zero-order valence-electron chi connectivity index (χ0n) is 11.3. The molecule has 0 aromatic heterocycles. The molecular weight excluding hydrogens is 273 g/mol. The summed E-state index contributed by atoms with van der Waals surface area (Å²) in [5.74, 6) is -0.368. The van der Waals surface area contributed by atoms with Crippen LogP contribution in [-0.4, -0.2) is 0 Å². The van der Waals surface area contributed by atoms with Crippen molar-refractivity contribution in [2.24, 2.45) is 0 Å². The van der Waals surface area contributed by atoms with Crippen LogP contribution >= 0.6 is 11.6 Å². The van der Waals surface area contributed by atoms with Crippen molar-refractivity contribution in [2.75, 3.05) is 5.32 Å². The Morgan fingerprint density at radius 3 is 2.80 bits per heavy atom. The summed E-state index contributed by atoms with van der Waals surface area (Å²) in [5.41, 5.74) is 5.08. The predicted octanol–water partition coefficient (Wildman–Crippen LogP) is 4.97. The van der Waals surface area contributed by atoms with Crippen molar-refractivity contribution in [2.45, 2.75) is 32.2 Å². The third-order valence-electron chi connectivity index (χ3n) is 3.86. The van der Waals surface area contributed by atoms with Gasteiger partial charge in [0, 0.05) is 12.2 Å². The van der Waals surface area contributed by atoms with Crippen LogP contribution in [0.2, 0.25) is 5.02 Å². The van der Waals surface area contributed by atoms with Gasteiger partial charge in [0.05, 0.1) is 5.02 Å². The van der Waals surface area contributed by atoms with E-state index in [-0.39, 0.29) is 10.8 Å². The fourth-order valence-corrected chi connectivity index (χ4v) is 3.00. The highest BCUT2D eigenvalue weighted by molar-refractivity contribution is 6.30. The number of halogens is 2. The Kier molecular flexibility index (Phi) is 3.93. The fraction of sp³-hybridized carbons (Fsp3) is 0.294. The molecule has 0 fully saturated rings. The number of fused-ring (bicyclic) bond motifs is 1. The second kappa shape index (κ2) is 5.84. The van der Waals surface area contributed by atoms with Crippen LogP contribution in [0.25, 0.3) is 0 Å². The first kappa shape index (κ1) is 13.4. The molecule has 1 N–H and O–H groups in total. The third kappa shape index (κ3) is 2.80. The van der Waals surface area contributed by atoms with E-state index in [0.717, 1.165) is 12.0 Å². The number of hydrogen-bond donors (Lipinski definition) is 1. The zero-order valence-corrected chi connectivity index (χ0v) is 12.0. The van der Waals surface area contributed by atoms with Gasteiger partial charge in [-0.05, 0) is 60.6 Å². The van der Waals surface area contributed by atoms with E-state index in [1.54, 1.807) is 12.1 Å². The molecular formula is C17H17ClFN. The minimum Gasteiger partial charge on any atom is -0.381 e. The molecule has 0 atom stereocenters. The van der Waals surface area contributed by atoms with E-state index in [9.17, 15) is 4.39 Å². The number of hydrogen-bond acceptors (Lipinski definition) is 1. The highest BCUT2D eigenvalue weighted by Gasteiger charge is 2.12. The van der Waals surface area contributed by atoms with Gasteiger partial charge in [0.25, 0.3) is 0 Å². The number of nitrogens with one attached hydrogen (secondary N) is 1. The van der Waals surface area contributed by atoms with Crippen molar-refractivity contribution < 1.29 is 4.39 Å². The number of benzene rings is 2. The molecule has 3 rings (SSSR count). The summed E-state index contributed by atoms with van der Waals surface area (Å²) >= 11 is 5.81. The number of aryl methyl sites for hydroxylation is 1. The van der Waals surface area contributed by atoms with Gasteiger partial charge in [-0.3, -0.25) is 0 Å². The topological polar surface area (TPSA) is 12.0 Å². The van der Waals surface area contributed by atoms with E-state index in [1.165, 1.54) is 42.1 Å². The molecule has 0 spiro atoms. The standard InChI is InChI=1S/C17H17ClFN/c18-15-10-12(8-9-16(15)19)11-20-17-7-3-5-13-4-1-2-6-14(13)17/h3,5,7-10,20H,1-2,4,6,11H2. The minimum absolute atomic E-state index is 0.180. The Balaban J connectivity index is 1.76. The second-order valence-electron chi connectivity index (χ2n) is 5.25. The average Bonchev–Trinajstić information content (AvgIpc) is 2.48. The maximum atomic E-state index is 13.1. The van der Waals surface area contributed by atoms with Crippen LogP contribution in [0.1, 0.15) is 29.5 Å². The summed E-state index contributed by atoms with van der Waals surface area (Å²) in [4.78, 5) is 0. The molecule has 0 heterocycles. The van der Waals surface area contributed by atoms with Crippen LogP contribution in [-0.2, 0) is 19.4 Å². The van der Waals surface area contributed by atoms with Gasteiger partial charge in [-0.15, -0.1) is 0 Å². The lowest BCUT2D eigenvalue weighted by molar-refractivity contribution is 0.627. The molecule has 0 amide bonds. The highest BCUT2D eigenvalue weighted by atomic mass is 35.5. The maximum absolute atomic E-state index is 13.1. The molecule has 0 bridgehead atoms. The molecule has 0 radical (unpaired) electrons. The van der Waals surface area contributed by atoms with Crippen molar-refractivity contribution in [3.8, 4) is 0 Å². The Morgan fingerprint density at radius 2 is 1.95 bits per heavy atom. The van der Waals surface area contributed by atoms with E-state index in [0.29, 0.717) is 6.54 Å². The molecule has 0 aliphatic heterocycles. The second-order valence-corrected chi connectivity index (χ2v) is 5.66. The molecule has 2 aromatic carbocycles. The van der Waals surface area contributed by atoms with Gasteiger partial charge in [-0.1, -0.05) is 29.8 Å². The summed E-state index contributed by atoms with van der Waals surface area (Å²) in [6, 6.07) is 11.3. The molecule has 1 aliphatic rings. The monoisotopic (exact) mass is 289 g/mol. The van der Waals surface area contributed by atoms with Crippen molar-refractivity contribution in [1.82, 2.24) is 0 Å². The lowest BCUT2D eigenvalue weighted by Crippen LogP contribution is -2.08. The zero-order chi connectivity index (χ0) is 13.9. The van der Waals surface area contributed by atoms with Crippen molar-refractivity contribution >= 4 is 17.3 Å². The van der Waals surface area contributed by atoms with E-state index >= 15 is 0 Å². The lowest BCUT2D eigenvalue weighted by atomic mass is 9.90. The molecule has 20 heavy (non-hydrogen) atoms. The minimum atomic E-state index is -0.368. The van der Waals surface area contributed by atoms with Gasteiger partial charge in [0.15, 0.2) is 0 Å². The predicted molar refractivity (Wildman–Crippen MR) is 81.8 cm³/mol. The molecule has 1 aliphatic carbocycles. The summed E-state index contributed by atoms with van der Waals surface area (Å²) < 4.78 is 13.1.